The number of morpholine rings is 1. The lowest BCUT2D eigenvalue weighted by molar-refractivity contribution is 0.0730. The molecule has 0 radical (unpaired) electrons. The van der Waals surface area contributed by atoms with E-state index in [1.165, 1.54) is 16.1 Å². The smallest absolute Gasteiger partial charge is 0.277 e. The van der Waals surface area contributed by atoms with Gasteiger partial charge in [0.2, 0.25) is 15.9 Å². The fraction of sp³-hybridized carbons (Fsp3) is 0.250. The van der Waals surface area contributed by atoms with Crippen molar-refractivity contribution in [2.75, 3.05) is 26.3 Å². The highest BCUT2D eigenvalue weighted by atomic mass is 32.2. The molecule has 10 heteroatoms. The molecule has 0 amide bonds. The molecule has 0 saturated carbocycles. The van der Waals surface area contributed by atoms with Crippen LogP contribution in [0.3, 0.4) is 0 Å². The van der Waals surface area contributed by atoms with Crippen LogP contribution in [0.4, 0.5) is 0 Å². The Balaban J connectivity index is 1.48. The molecule has 8 nitrogen and oxygen atoms in total. The molecule has 1 aromatic heterocycles. The summed E-state index contributed by atoms with van der Waals surface area (Å²) in [4.78, 5) is 0.187. The van der Waals surface area contributed by atoms with Gasteiger partial charge in [0.25, 0.3) is 5.22 Å². The monoisotopic (exact) mass is 442 g/mol. The van der Waals surface area contributed by atoms with Crippen LogP contribution in [0.15, 0.2) is 63.1 Å². The molecule has 0 bridgehead atoms. The fourth-order valence-electron chi connectivity index (χ4n) is 2.93. The molecule has 2 heterocycles. The molecule has 3 aromatic rings. The Labute approximate surface area is 178 Å². The number of ether oxygens (including phenoxy) is 1. The Morgan fingerprint density at radius 1 is 1.10 bits per heavy atom. The number of nitriles is 1. The van der Waals surface area contributed by atoms with E-state index in [1.807, 2.05) is 12.1 Å². The zero-order valence-electron chi connectivity index (χ0n) is 15.9. The third-order valence-corrected chi connectivity index (χ3v) is 7.32. The van der Waals surface area contributed by atoms with Crippen LogP contribution in [0.2, 0.25) is 0 Å². The van der Waals surface area contributed by atoms with Crippen molar-refractivity contribution in [2.24, 2.45) is 0 Å². The van der Waals surface area contributed by atoms with Gasteiger partial charge in [0.15, 0.2) is 0 Å². The zero-order valence-corrected chi connectivity index (χ0v) is 17.5. The zero-order chi connectivity index (χ0) is 21.0. The summed E-state index contributed by atoms with van der Waals surface area (Å²) in [6.45, 7) is 1.46. The molecule has 1 aliphatic heterocycles. The van der Waals surface area contributed by atoms with E-state index in [0.29, 0.717) is 48.4 Å². The topological polar surface area (TPSA) is 109 Å². The minimum Gasteiger partial charge on any atom is -0.411 e. The molecule has 0 unspecified atom stereocenters. The van der Waals surface area contributed by atoms with Crippen molar-refractivity contribution in [3.05, 3.63) is 59.7 Å². The third kappa shape index (κ3) is 4.55. The fourth-order valence-corrected chi connectivity index (χ4v) is 5.10. The Hall–Kier alpha value is -2.71. The van der Waals surface area contributed by atoms with E-state index in [4.69, 9.17) is 14.4 Å². The number of hydrogen-bond donors (Lipinski definition) is 0. The molecule has 0 N–H and O–H groups in total. The van der Waals surface area contributed by atoms with E-state index in [2.05, 4.69) is 16.3 Å². The van der Waals surface area contributed by atoms with E-state index in [-0.39, 0.29) is 10.8 Å². The average molecular weight is 443 g/mol. The second-order valence-corrected chi connectivity index (χ2v) is 9.38. The van der Waals surface area contributed by atoms with E-state index >= 15 is 0 Å². The molecule has 0 aliphatic carbocycles. The maximum atomic E-state index is 12.9. The molecule has 1 saturated heterocycles. The van der Waals surface area contributed by atoms with Crippen LogP contribution in [-0.2, 0) is 20.5 Å². The van der Waals surface area contributed by atoms with E-state index in [9.17, 15) is 8.42 Å². The van der Waals surface area contributed by atoms with Gasteiger partial charge in [-0.15, -0.1) is 10.2 Å². The molecule has 30 heavy (non-hydrogen) atoms. The molecule has 2 aromatic carbocycles. The van der Waals surface area contributed by atoms with Gasteiger partial charge in [-0.2, -0.15) is 9.57 Å². The summed E-state index contributed by atoms with van der Waals surface area (Å²) in [5.74, 6) is 0.870. The number of sulfonamides is 1. The minimum atomic E-state index is -3.60. The molecule has 1 fully saturated rings. The van der Waals surface area contributed by atoms with Gasteiger partial charge in [0, 0.05) is 24.4 Å². The van der Waals surface area contributed by atoms with Crippen molar-refractivity contribution in [2.45, 2.75) is 15.9 Å². The largest absolute Gasteiger partial charge is 0.411 e. The summed E-state index contributed by atoms with van der Waals surface area (Å²) in [6, 6.07) is 15.9. The van der Waals surface area contributed by atoms with Crippen LogP contribution < -0.4 is 0 Å². The first-order chi connectivity index (χ1) is 14.6. The van der Waals surface area contributed by atoms with Crippen LogP contribution in [-0.4, -0.2) is 49.2 Å². The predicted octanol–water partition coefficient (Wildman–Crippen LogP) is 2.92. The molecule has 4 rings (SSSR count). The highest BCUT2D eigenvalue weighted by Gasteiger charge is 2.26. The van der Waals surface area contributed by atoms with Crippen molar-refractivity contribution >= 4 is 21.8 Å². The minimum absolute atomic E-state index is 0.187. The van der Waals surface area contributed by atoms with Gasteiger partial charge in [-0.1, -0.05) is 30.0 Å². The number of rotatable bonds is 6. The van der Waals surface area contributed by atoms with E-state index in [1.54, 1.807) is 36.4 Å². The predicted molar refractivity (Wildman–Crippen MR) is 110 cm³/mol. The van der Waals surface area contributed by atoms with Crippen LogP contribution in [0.5, 0.6) is 0 Å². The Bertz CT molecular complexity index is 1160. The van der Waals surface area contributed by atoms with Gasteiger partial charge in [0.05, 0.1) is 29.7 Å². The van der Waals surface area contributed by atoms with Crippen molar-refractivity contribution in [3.63, 3.8) is 0 Å². The van der Waals surface area contributed by atoms with Gasteiger partial charge in [-0.3, -0.25) is 0 Å². The maximum Gasteiger partial charge on any atom is 0.277 e. The second kappa shape index (κ2) is 8.97. The number of nitrogens with zero attached hydrogens (tertiary/aromatic N) is 4. The van der Waals surface area contributed by atoms with Crippen molar-refractivity contribution in [1.82, 2.24) is 14.5 Å². The maximum absolute atomic E-state index is 12.9. The van der Waals surface area contributed by atoms with Gasteiger partial charge in [0.1, 0.15) is 0 Å². The van der Waals surface area contributed by atoms with E-state index < -0.39 is 10.0 Å². The second-order valence-electron chi connectivity index (χ2n) is 6.51. The number of aromatic nitrogens is 2. The standard InChI is InChI=1S/C20H18N4O4S2/c21-13-15-4-6-16(7-5-15)14-29-20-23-22-19(28-20)17-2-1-3-18(12-17)30(25,26)24-8-10-27-11-9-24/h1-7,12H,8-11,14H2. The molecule has 0 spiro atoms. The summed E-state index contributed by atoms with van der Waals surface area (Å²) in [5.41, 5.74) is 2.18. The van der Waals surface area contributed by atoms with Crippen molar-refractivity contribution in [3.8, 4) is 17.5 Å². The number of hydrogen-bond acceptors (Lipinski definition) is 8. The van der Waals surface area contributed by atoms with Gasteiger partial charge in [-0.25, -0.2) is 8.42 Å². The van der Waals surface area contributed by atoms with E-state index in [0.717, 1.165) is 5.56 Å². The van der Waals surface area contributed by atoms with Gasteiger partial charge in [-0.05, 0) is 35.9 Å². The molecule has 1 aliphatic rings. The molecule has 0 atom stereocenters. The Morgan fingerprint density at radius 3 is 2.60 bits per heavy atom. The Morgan fingerprint density at radius 2 is 1.87 bits per heavy atom. The summed E-state index contributed by atoms with van der Waals surface area (Å²) < 4.78 is 38.1. The van der Waals surface area contributed by atoms with Crippen molar-refractivity contribution < 1.29 is 17.6 Å². The summed E-state index contributed by atoms with van der Waals surface area (Å²) >= 11 is 1.37. The number of thioether (sulfide) groups is 1. The summed E-state index contributed by atoms with van der Waals surface area (Å²) in [5, 5.41) is 17.3. The van der Waals surface area contributed by atoms with Crippen molar-refractivity contribution in [1.29, 1.82) is 5.26 Å². The third-order valence-electron chi connectivity index (χ3n) is 4.54. The highest BCUT2D eigenvalue weighted by Crippen LogP contribution is 2.28. The first-order valence-electron chi connectivity index (χ1n) is 9.20. The first kappa shape index (κ1) is 20.6. The van der Waals surface area contributed by atoms with Gasteiger partial charge >= 0.3 is 0 Å². The first-order valence-corrected chi connectivity index (χ1v) is 11.6. The molecule has 154 valence electrons. The van der Waals surface area contributed by atoms with Crippen LogP contribution in [0.1, 0.15) is 11.1 Å². The normalized spacial score (nSPS) is 15.0. The Kier molecular flexibility index (Phi) is 6.15. The molecular weight excluding hydrogens is 424 g/mol. The summed E-state index contributed by atoms with van der Waals surface area (Å²) in [7, 11) is -3.60. The lowest BCUT2D eigenvalue weighted by Crippen LogP contribution is -2.40. The summed E-state index contributed by atoms with van der Waals surface area (Å²) in [6.07, 6.45) is 0. The molecular formula is C20H18N4O4S2. The highest BCUT2D eigenvalue weighted by molar-refractivity contribution is 7.98. The van der Waals surface area contributed by atoms with Crippen LogP contribution in [0.25, 0.3) is 11.5 Å². The number of benzene rings is 2. The quantitative estimate of drug-likeness (QED) is 0.536. The SMILES string of the molecule is N#Cc1ccc(CSc2nnc(-c3cccc(S(=O)(=O)N4CCOCC4)c3)o2)cc1. The van der Waals surface area contributed by atoms with Crippen LogP contribution in [0, 0.1) is 11.3 Å². The van der Waals surface area contributed by atoms with Crippen LogP contribution >= 0.6 is 11.8 Å². The lowest BCUT2D eigenvalue weighted by Gasteiger charge is -2.26. The average Bonchev–Trinajstić information content (AvgIpc) is 3.28. The van der Waals surface area contributed by atoms with Gasteiger partial charge < -0.3 is 9.15 Å². The lowest BCUT2D eigenvalue weighted by atomic mass is 10.2.